The van der Waals surface area contributed by atoms with Gasteiger partial charge in [-0.25, -0.2) is 8.42 Å². The normalized spacial score (nSPS) is 20.5. The quantitative estimate of drug-likeness (QED) is 0.824. The number of hydrogen-bond donors (Lipinski definition) is 1. The van der Waals surface area contributed by atoms with Crippen molar-refractivity contribution in [3.8, 4) is 0 Å². The van der Waals surface area contributed by atoms with Crippen molar-refractivity contribution in [2.75, 3.05) is 33.2 Å². The van der Waals surface area contributed by atoms with Gasteiger partial charge >= 0.3 is 0 Å². The Balaban J connectivity index is 2.10. The molecule has 7 heteroatoms. The molecule has 0 aromatic carbocycles. The largest absolute Gasteiger partial charge is 0.316 e. The van der Waals surface area contributed by atoms with Gasteiger partial charge in [-0.05, 0) is 43.6 Å². The highest BCUT2D eigenvalue weighted by Gasteiger charge is 2.35. The number of nitrogens with zero attached hydrogens (tertiary/aromatic N) is 2. The van der Waals surface area contributed by atoms with Crippen LogP contribution < -0.4 is 5.32 Å². The van der Waals surface area contributed by atoms with E-state index in [1.807, 2.05) is 12.4 Å². The molecule has 1 N–H and O–H groups in total. The summed E-state index contributed by atoms with van der Waals surface area (Å²) >= 11 is 1.32. The lowest BCUT2D eigenvalue weighted by Gasteiger charge is -2.25. The van der Waals surface area contributed by atoms with Gasteiger partial charge in [-0.15, -0.1) is 11.3 Å². The van der Waals surface area contributed by atoms with E-state index < -0.39 is 10.0 Å². The van der Waals surface area contributed by atoms with Gasteiger partial charge in [0.2, 0.25) is 0 Å². The predicted octanol–water partition coefficient (Wildman–Crippen LogP) is 1.57. The number of hydrogen-bond acceptors (Lipinski definition) is 5. The van der Waals surface area contributed by atoms with Crippen LogP contribution in [0, 0.1) is 0 Å². The monoisotopic (exact) mass is 331 g/mol. The molecule has 1 fully saturated rings. The highest BCUT2D eigenvalue weighted by Crippen LogP contribution is 2.28. The first-order valence-electron chi connectivity index (χ1n) is 7.49. The predicted molar refractivity (Wildman–Crippen MR) is 87.2 cm³/mol. The third-order valence-electron chi connectivity index (χ3n) is 4.06. The van der Waals surface area contributed by atoms with E-state index in [2.05, 4.69) is 24.1 Å². The zero-order valence-corrected chi connectivity index (χ0v) is 14.6. The third kappa shape index (κ3) is 3.65. The van der Waals surface area contributed by atoms with Crippen molar-refractivity contribution in [3.63, 3.8) is 0 Å². The van der Waals surface area contributed by atoms with Gasteiger partial charge in [-0.2, -0.15) is 4.31 Å². The van der Waals surface area contributed by atoms with E-state index in [0.717, 1.165) is 25.1 Å². The van der Waals surface area contributed by atoms with Crippen LogP contribution in [-0.2, 0) is 16.6 Å². The molecule has 0 aliphatic carbocycles. The Morgan fingerprint density at radius 3 is 2.76 bits per heavy atom. The second-order valence-electron chi connectivity index (χ2n) is 5.33. The molecular weight excluding hydrogens is 306 g/mol. The average Bonchev–Trinajstić information content (AvgIpc) is 3.10. The Hall–Kier alpha value is -0.470. The fraction of sp³-hybridized carbons (Fsp3) is 0.714. The van der Waals surface area contributed by atoms with Crippen molar-refractivity contribution in [2.45, 2.75) is 37.1 Å². The molecule has 1 aliphatic heterocycles. The lowest BCUT2D eigenvalue weighted by Crippen LogP contribution is -2.38. The number of nitrogens with one attached hydrogen (secondary N) is 1. The smallest absolute Gasteiger partial charge is 0.252 e. The van der Waals surface area contributed by atoms with Crippen LogP contribution in [0.15, 0.2) is 15.7 Å². The highest BCUT2D eigenvalue weighted by atomic mass is 32.2. The van der Waals surface area contributed by atoms with Crippen LogP contribution in [0.25, 0.3) is 0 Å². The lowest BCUT2D eigenvalue weighted by molar-refractivity contribution is 0.225. The highest BCUT2D eigenvalue weighted by molar-refractivity contribution is 7.91. The summed E-state index contributed by atoms with van der Waals surface area (Å²) in [5.74, 6) is 0. The minimum absolute atomic E-state index is 0.353. The summed E-state index contributed by atoms with van der Waals surface area (Å²) in [6.07, 6.45) is 0.926. The summed E-state index contributed by atoms with van der Waals surface area (Å²) in [7, 11) is -1.46. The minimum atomic E-state index is -3.32. The van der Waals surface area contributed by atoms with Crippen molar-refractivity contribution < 1.29 is 8.42 Å². The molecule has 0 amide bonds. The summed E-state index contributed by atoms with van der Waals surface area (Å²) in [6, 6.07) is 2.15. The van der Waals surface area contributed by atoms with Crippen LogP contribution in [0.3, 0.4) is 0 Å². The van der Waals surface area contributed by atoms with Gasteiger partial charge in [0, 0.05) is 25.7 Å². The summed E-state index contributed by atoms with van der Waals surface area (Å²) in [6.45, 7) is 8.15. The fourth-order valence-corrected chi connectivity index (χ4v) is 5.73. The summed E-state index contributed by atoms with van der Waals surface area (Å²) < 4.78 is 27.5. The second kappa shape index (κ2) is 7.19. The first-order chi connectivity index (χ1) is 10.0. The van der Waals surface area contributed by atoms with Gasteiger partial charge < -0.3 is 5.32 Å². The molecular formula is C14H25N3O2S2. The van der Waals surface area contributed by atoms with Gasteiger partial charge in [0.05, 0.1) is 0 Å². The molecule has 5 nitrogen and oxygen atoms in total. The zero-order chi connectivity index (χ0) is 15.5. The molecule has 21 heavy (non-hydrogen) atoms. The summed E-state index contributed by atoms with van der Waals surface area (Å²) in [5.41, 5.74) is 1.03. The van der Waals surface area contributed by atoms with E-state index in [4.69, 9.17) is 0 Å². The molecule has 0 spiro atoms. The standard InChI is InChI=1S/C14H25N3O2S2/c1-4-16(5-2)13-6-7-17(10-13)21(18,19)14-8-12(9-15-3)11-20-14/h8,11,13,15H,4-7,9-10H2,1-3H3. The van der Waals surface area contributed by atoms with Crippen molar-refractivity contribution in [2.24, 2.45) is 0 Å². The maximum Gasteiger partial charge on any atom is 0.252 e. The Morgan fingerprint density at radius 2 is 2.14 bits per heavy atom. The van der Waals surface area contributed by atoms with Crippen LogP contribution in [0.2, 0.25) is 0 Å². The van der Waals surface area contributed by atoms with E-state index >= 15 is 0 Å². The van der Waals surface area contributed by atoms with Crippen LogP contribution in [0.1, 0.15) is 25.8 Å². The molecule has 2 heterocycles. The molecule has 2 rings (SSSR count). The van der Waals surface area contributed by atoms with Crippen LogP contribution in [0.4, 0.5) is 0 Å². The van der Waals surface area contributed by atoms with Crippen molar-refractivity contribution in [3.05, 3.63) is 17.0 Å². The van der Waals surface area contributed by atoms with Gasteiger partial charge in [-0.1, -0.05) is 13.8 Å². The molecule has 0 bridgehead atoms. The van der Waals surface area contributed by atoms with Crippen molar-refractivity contribution in [1.82, 2.24) is 14.5 Å². The number of sulfonamides is 1. The number of thiophene rings is 1. The maximum absolute atomic E-state index is 12.7. The molecule has 1 aliphatic rings. The van der Waals surface area contributed by atoms with Crippen molar-refractivity contribution in [1.29, 1.82) is 0 Å². The number of rotatable bonds is 7. The molecule has 1 aromatic rings. The first-order valence-corrected chi connectivity index (χ1v) is 9.81. The molecule has 1 aromatic heterocycles. The molecule has 0 saturated carbocycles. The van der Waals surface area contributed by atoms with E-state index in [1.54, 1.807) is 10.4 Å². The first kappa shape index (κ1) is 16.9. The second-order valence-corrected chi connectivity index (χ2v) is 8.41. The zero-order valence-electron chi connectivity index (χ0n) is 13.0. The van der Waals surface area contributed by atoms with Gasteiger partial charge in [0.15, 0.2) is 0 Å². The van der Waals surface area contributed by atoms with Crippen LogP contribution in [-0.4, -0.2) is 56.9 Å². The SMILES string of the molecule is CCN(CC)C1CCN(S(=O)(=O)c2cc(CNC)cs2)C1. The molecule has 0 radical (unpaired) electrons. The van der Waals surface area contributed by atoms with Gasteiger partial charge in [0.25, 0.3) is 10.0 Å². The van der Waals surface area contributed by atoms with E-state index in [9.17, 15) is 8.42 Å². The fourth-order valence-electron chi connectivity index (χ4n) is 2.88. The Bertz CT molecular complexity index is 552. The van der Waals surface area contributed by atoms with Gasteiger partial charge in [0.1, 0.15) is 4.21 Å². The van der Waals surface area contributed by atoms with E-state index in [1.165, 1.54) is 11.3 Å². The Morgan fingerprint density at radius 1 is 1.43 bits per heavy atom. The topological polar surface area (TPSA) is 52.7 Å². The molecule has 1 atom stereocenters. The molecule has 1 unspecified atom stereocenters. The minimum Gasteiger partial charge on any atom is -0.316 e. The Kier molecular flexibility index (Phi) is 5.79. The molecule has 120 valence electrons. The number of likely N-dealkylation sites (N-methyl/N-ethyl adjacent to an activating group) is 1. The van der Waals surface area contributed by atoms with E-state index in [-0.39, 0.29) is 0 Å². The van der Waals surface area contributed by atoms with Crippen LogP contribution in [0.5, 0.6) is 0 Å². The maximum atomic E-state index is 12.7. The summed E-state index contributed by atoms with van der Waals surface area (Å²) in [4.78, 5) is 2.34. The van der Waals surface area contributed by atoms with Gasteiger partial charge in [-0.3, -0.25) is 4.90 Å². The van der Waals surface area contributed by atoms with Crippen LogP contribution >= 0.6 is 11.3 Å². The Labute approximate surface area is 132 Å². The average molecular weight is 332 g/mol. The van der Waals surface area contributed by atoms with Crippen molar-refractivity contribution >= 4 is 21.4 Å². The van der Waals surface area contributed by atoms with E-state index in [0.29, 0.717) is 29.9 Å². The molecule has 1 saturated heterocycles. The lowest BCUT2D eigenvalue weighted by atomic mass is 10.2. The summed E-state index contributed by atoms with van der Waals surface area (Å²) in [5, 5.41) is 4.97. The third-order valence-corrected chi connectivity index (χ3v) is 7.39.